The third-order valence-electron chi connectivity index (χ3n) is 24.1. The van der Waals surface area contributed by atoms with Gasteiger partial charge in [0.2, 0.25) is 41.4 Å². The number of hydrogen-bond donors (Lipinski definition) is 22. The smallest absolute Gasteiger partial charge is 0.317 e. The Labute approximate surface area is 792 Å². The summed E-state index contributed by atoms with van der Waals surface area (Å²) >= 11 is 0. The largest absolute Gasteiger partial charge is 0.480 e. The molecule has 7 amide bonds. The van der Waals surface area contributed by atoms with Crippen LogP contribution in [0.15, 0.2) is 0 Å². The maximum Gasteiger partial charge on any atom is 0.317 e. The average Bonchev–Trinajstić information content (AvgIpc) is 0.844. The highest BCUT2D eigenvalue weighted by Crippen LogP contribution is 2.17. The lowest BCUT2D eigenvalue weighted by Crippen LogP contribution is -2.59. The van der Waals surface area contributed by atoms with Gasteiger partial charge in [0.25, 0.3) is 0 Å². The second kappa shape index (κ2) is 63.3. The van der Waals surface area contributed by atoms with Gasteiger partial charge >= 0.3 is 65.7 Å². The van der Waals surface area contributed by atoms with Gasteiger partial charge in [-0.3, -0.25) is 170 Å². The van der Waals surface area contributed by atoms with Crippen LogP contribution in [0.1, 0.15) is 27.7 Å². The zero-order chi connectivity index (χ0) is 102. The molecule has 0 aromatic heterocycles. The number of carboxylic acids is 11. The fourth-order valence-electron chi connectivity index (χ4n) is 15.8. The van der Waals surface area contributed by atoms with Crippen molar-refractivity contribution >= 4 is 107 Å². The Hall–Kier alpha value is -10.3. The zero-order valence-corrected chi connectivity index (χ0v) is 78.5. The van der Waals surface area contributed by atoms with E-state index in [1.807, 2.05) is 0 Å². The van der Waals surface area contributed by atoms with Gasteiger partial charge in [-0.25, -0.2) is 0 Å². The molecule has 4 rings (SSSR count). The van der Waals surface area contributed by atoms with Gasteiger partial charge in [-0.05, 0) is 27.7 Å². The molecule has 4 heterocycles. The van der Waals surface area contributed by atoms with E-state index in [4.69, 9.17) is 0 Å². The van der Waals surface area contributed by atoms with Crippen LogP contribution in [0.4, 0.5) is 0 Å². The first-order valence-corrected chi connectivity index (χ1v) is 45.4. The van der Waals surface area contributed by atoms with E-state index in [2.05, 4.69) is 42.5 Å². The van der Waals surface area contributed by atoms with Crippen molar-refractivity contribution < 1.29 is 158 Å². The molecule has 0 spiro atoms. The van der Waals surface area contributed by atoms with Crippen molar-refractivity contribution in [2.45, 2.75) is 64.4 Å². The summed E-state index contributed by atoms with van der Waals surface area (Å²) in [6, 6.07) is -4.29. The molecular formula is C81H144N24O32. The fraction of sp³-hybridized carbons (Fsp3) is 0.778. The van der Waals surface area contributed by atoms with Gasteiger partial charge in [0.15, 0.2) is 6.29 Å². The first-order chi connectivity index (χ1) is 64.6. The number of aliphatic hydroxyl groups is 3. The van der Waals surface area contributed by atoms with Crippen LogP contribution in [0.25, 0.3) is 0 Å². The lowest BCUT2D eigenvalue weighted by Gasteiger charge is -2.37. The van der Waals surface area contributed by atoms with E-state index in [1.54, 1.807) is 55.9 Å². The third kappa shape index (κ3) is 51.2. The van der Waals surface area contributed by atoms with Gasteiger partial charge in [0.1, 0.15) is 6.23 Å². The van der Waals surface area contributed by atoms with E-state index < -0.39 is 273 Å². The number of aliphatic hydroxyl groups excluding tert-OH is 2. The van der Waals surface area contributed by atoms with Crippen LogP contribution < -0.4 is 42.5 Å². The number of carbonyl (C=O) groups is 18. The van der Waals surface area contributed by atoms with Gasteiger partial charge in [0.05, 0.1) is 116 Å². The maximum absolute atomic E-state index is 14.5. The van der Waals surface area contributed by atoms with Gasteiger partial charge in [-0.1, -0.05) is 0 Å². The van der Waals surface area contributed by atoms with Crippen molar-refractivity contribution in [3.05, 3.63) is 0 Å². The number of aliphatic carboxylic acids is 11. The molecule has 4 aliphatic heterocycles. The minimum Gasteiger partial charge on any atom is -0.480 e. The summed E-state index contributed by atoms with van der Waals surface area (Å²) in [6.45, 7) is -3.56. The highest BCUT2D eigenvalue weighted by Gasteiger charge is 2.37. The van der Waals surface area contributed by atoms with Gasteiger partial charge in [0, 0.05) is 254 Å². The number of rotatable bonds is 49. The Balaban J connectivity index is 1.80. The van der Waals surface area contributed by atoms with Crippen molar-refractivity contribution in [1.82, 2.24) is 121 Å². The van der Waals surface area contributed by atoms with E-state index >= 15 is 0 Å². The molecule has 0 aromatic carbocycles. The molecule has 22 N–H and O–H groups in total. The summed E-state index contributed by atoms with van der Waals surface area (Å²) in [6.07, 6.45) is -3.43. The Kier molecular flexibility index (Phi) is 55.0. The SMILES string of the molecule is CC(C(=O)NCC(=O)NCC(CNC(=O)CNC(=O)C(C)N1CCN(CC(=O)O)CCN(CC(=O)O)CCN(CC(=O)O)CC1)(CNC(=O)CNC(=O)C(C)N1CCN(CC(=O)O)CCN(CC(=O)O)CCN(CC(O)O)CC1)CNC(=O)CNC(O)C(C)N1CCN(CC(=O)O)CCN(CC(=O)O)CCN(CC(=O)O)CC1)N1CCN(CC(=O)O)CCN(CC(=O)O)CCN(CC(=O)O)CC1. The minimum absolute atomic E-state index is 0.00819. The molecule has 56 heteroatoms. The Morgan fingerprint density at radius 1 is 0.226 bits per heavy atom. The van der Waals surface area contributed by atoms with Crippen molar-refractivity contribution in [2.75, 3.05) is 340 Å². The first kappa shape index (κ1) is 119. The molecule has 56 nitrogen and oxygen atoms in total. The Morgan fingerprint density at radius 2 is 0.387 bits per heavy atom. The molecule has 5 unspecified atom stereocenters. The molecule has 4 saturated heterocycles. The first-order valence-electron chi connectivity index (χ1n) is 45.4. The summed E-state index contributed by atoms with van der Waals surface area (Å²) in [5.74, 6) is -19.1. The number of nitrogens with one attached hydrogen (secondary N) is 8. The molecule has 0 saturated carbocycles. The molecule has 5 atom stereocenters. The van der Waals surface area contributed by atoms with Crippen LogP contribution in [-0.2, 0) is 86.3 Å². The highest BCUT2D eigenvalue weighted by atomic mass is 16.5. The van der Waals surface area contributed by atoms with E-state index in [0.717, 1.165) is 0 Å². The second-order valence-electron chi connectivity index (χ2n) is 34.6. The van der Waals surface area contributed by atoms with E-state index in [-0.39, 0.29) is 216 Å². The maximum atomic E-state index is 14.5. The summed E-state index contributed by atoms with van der Waals surface area (Å²) in [4.78, 5) is 258. The van der Waals surface area contributed by atoms with Crippen molar-refractivity contribution in [1.29, 1.82) is 0 Å². The number of carbonyl (C=O) groups excluding carboxylic acids is 7. The Bertz CT molecular complexity index is 3690. The van der Waals surface area contributed by atoms with Crippen LogP contribution in [-0.4, -0.2) is 634 Å². The number of β-amino-alcohol motifs (C(OH)–C–C–N with tert-alkyl or cyclic N) is 2. The topological polar surface area (TPSA) is 739 Å². The Morgan fingerprint density at radius 3 is 0.569 bits per heavy atom. The van der Waals surface area contributed by atoms with Gasteiger partial charge in [-0.15, -0.1) is 0 Å². The van der Waals surface area contributed by atoms with Gasteiger partial charge in [-0.2, -0.15) is 0 Å². The molecular weight excluding hydrogens is 1820 g/mol. The monoisotopic (exact) mass is 1970 g/mol. The number of carboxylic acid groups (broad SMARTS) is 11. The van der Waals surface area contributed by atoms with Crippen LogP contribution in [0.3, 0.4) is 0 Å². The molecule has 4 fully saturated rings. The summed E-state index contributed by atoms with van der Waals surface area (Å²) in [5, 5.41) is 161. The van der Waals surface area contributed by atoms with E-state index in [1.165, 1.54) is 50.2 Å². The number of hydrogen-bond acceptors (Lipinski definition) is 38. The lowest BCUT2D eigenvalue weighted by atomic mass is 9.86. The van der Waals surface area contributed by atoms with Crippen molar-refractivity contribution in [3.63, 3.8) is 0 Å². The predicted octanol–water partition coefficient (Wildman–Crippen LogP) is -14.6. The lowest BCUT2D eigenvalue weighted by molar-refractivity contribution is -0.141. The molecule has 780 valence electrons. The molecule has 0 aliphatic carbocycles. The molecule has 4 aliphatic rings. The fourth-order valence-corrected chi connectivity index (χ4v) is 15.8. The van der Waals surface area contributed by atoms with Crippen molar-refractivity contribution in [3.8, 4) is 0 Å². The predicted molar refractivity (Wildman–Crippen MR) is 481 cm³/mol. The quantitative estimate of drug-likeness (QED) is 0.0252. The van der Waals surface area contributed by atoms with Gasteiger partial charge < -0.3 is 109 Å². The van der Waals surface area contributed by atoms with Crippen LogP contribution >= 0.6 is 0 Å². The highest BCUT2D eigenvalue weighted by molar-refractivity contribution is 5.89. The number of amides is 7. The normalized spacial score (nSPS) is 20.0. The molecule has 0 radical (unpaired) electrons. The second-order valence-corrected chi connectivity index (χ2v) is 34.6. The van der Waals surface area contributed by atoms with E-state index in [0.29, 0.717) is 0 Å². The van der Waals surface area contributed by atoms with Crippen LogP contribution in [0.5, 0.6) is 0 Å². The summed E-state index contributed by atoms with van der Waals surface area (Å²) in [5.41, 5.74) is -1.86. The van der Waals surface area contributed by atoms with Crippen molar-refractivity contribution in [2.24, 2.45) is 5.41 Å². The average molecular weight is 1970 g/mol. The standard InChI is InChI=1S/C81H144N24O32/c1-57(102-29-21-94(45-69(118)119)13-5-90(41-65(110)111)6-14-95(22-30-102)46-70(120)121)77(134)82-37-61(106)86-53-81(54-87-62(107)38-83-78(135)58(2)103-31-23-96(47-71(122)123)15-7-91(42-66(112)113)8-16-97(24-32-103)48-72(124)125,55-88-63(108)39-84-79(136)59(3)104-33-25-98(49-73(126)127)17-9-92(43-67(114)115)10-18-99(26-34-104)50-74(128)129)56-89-64(109)40-85-80(137)60(4)105-35-27-100(51-75(130)131)19-11-93(44-68(116)117)12-20-101(28-36-105)52-76(132)133/h57-60,69,78,83,118-119,135H,5-56H2,1-4H3,(H,82,134)(H,84,136)(H,85,137)(H,86,106)(H,87,107)(H,88,108)(H,89,109)(H,110,111)(H,112,113)(H,114,115)(H,116,117)(H,120,121)(H,122,123)(H,124,125)(H,126,127)(H,128,129)(H,130,131)(H,132,133). The van der Waals surface area contributed by atoms with Crippen LogP contribution in [0, 0.1) is 5.41 Å². The molecule has 0 aromatic rings. The zero-order valence-electron chi connectivity index (χ0n) is 78.5. The summed E-state index contributed by atoms with van der Waals surface area (Å²) < 4.78 is 0. The number of nitrogens with zero attached hydrogens (tertiary/aromatic N) is 16. The van der Waals surface area contributed by atoms with Crippen LogP contribution in [0.2, 0.25) is 0 Å². The minimum atomic E-state index is -1.86. The third-order valence-corrected chi connectivity index (χ3v) is 24.1. The molecule has 137 heavy (non-hydrogen) atoms. The summed E-state index contributed by atoms with van der Waals surface area (Å²) in [7, 11) is 0. The van der Waals surface area contributed by atoms with E-state index in [9.17, 15) is 158 Å². The molecule has 0 bridgehead atoms.